The number of ketones is 1. The number of Topliss-reactive ketones (excluding diaryl/α,β-unsaturated/α-hetero) is 1. The van der Waals surface area contributed by atoms with E-state index >= 15 is 0 Å². The van der Waals surface area contributed by atoms with Crippen LogP contribution in [0.25, 0.3) is 0 Å². The Hall–Kier alpha value is -2.24. The number of benzene rings is 1. The lowest BCUT2D eigenvalue weighted by atomic mass is 10.1. The lowest BCUT2D eigenvalue weighted by Gasteiger charge is -2.18. The maximum Gasteiger partial charge on any atom is 0.243 e. The number of aryl methyl sites for hydroxylation is 1. The second-order valence-electron chi connectivity index (χ2n) is 6.87. The lowest BCUT2D eigenvalue weighted by molar-refractivity contribution is -0.118. The summed E-state index contributed by atoms with van der Waals surface area (Å²) < 4.78 is 28.3. The van der Waals surface area contributed by atoms with Crippen LogP contribution in [-0.2, 0) is 28.3 Å². The second kappa shape index (κ2) is 11.4. The summed E-state index contributed by atoms with van der Waals surface area (Å²) in [7, 11) is -1.70. The van der Waals surface area contributed by atoms with Crippen molar-refractivity contribution >= 4 is 33.5 Å². The molecule has 1 amide bonds. The highest BCUT2D eigenvalue weighted by molar-refractivity contribution is 7.99. The minimum atomic E-state index is -3.54. The molecule has 0 aliphatic heterocycles. The predicted molar refractivity (Wildman–Crippen MR) is 120 cm³/mol. The summed E-state index contributed by atoms with van der Waals surface area (Å²) in [5.74, 6) is 0.768. The Balaban J connectivity index is 1.95. The average molecular weight is 468 g/mol. The highest BCUT2D eigenvalue weighted by Crippen LogP contribution is 2.20. The zero-order valence-electron chi connectivity index (χ0n) is 18.3. The van der Waals surface area contributed by atoms with Crippen LogP contribution in [0.3, 0.4) is 0 Å². The number of amides is 1. The van der Waals surface area contributed by atoms with E-state index in [1.54, 1.807) is 26.0 Å². The van der Waals surface area contributed by atoms with Crippen molar-refractivity contribution in [2.75, 3.05) is 25.4 Å². The van der Waals surface area contributed by atoms with Gasteiger partial charge in [0.15, 0.2) is 10.9 Å². The summed E-state index contributed by atoms with van der Waals surface area (Å²) >= 11 is 1.28. The topological polar surface area (TPSA) is 114 Å². The molecule has 0 atom stereocenters. The first-order valence-corrected chi connectivity index (χ1v) is 12.5. The Kier molecular flexibility index (Phi) is 9.20. The number of carbonyl (C=O) groups is 2. The Morgan fingerprint density at radius 3 is 2.35 bits per heavy atom. The van der Waals surface area contributed by atoms with Gasteiger partial charge in [0, 0.05) is 45.6 Å². The van der Waals surface area contributed by atoms with Crippen LogP contribution in [0.5, 0.6) is 0 Å². The number of aromatic nitrogens is 3. The molecule has 170 valence electrons. The molecular formula is C20H29N5O4S2. The molecule has 2 aromatic rings. The first-order chi connectivity index (χ1) is 14.7. The largest absolute Gasteiger partial charge is 0.356 e. The molecule has 31 heavy (non-hydrogen) atoms. The molecule has 1 N–H and O–H groups in total. The van der Waals surface area contributed by atoms with Gasteiger partial charge in [-0.15, -0.1) is 10.2 Å². The second-order valence-corrected chi connectivity index (χ2v) is 9.75. The van der Waals surface area contributed by atoms with Crippen molar-refractivity contribution in [1.29, 1.82) is 0 Å². The van der Waals surface area contributed by atoms with E-state index in [0.717, 1.165) is 12.2 Å². The molecule has 0 fully saturated rings. The van der Waals surface area contributed by atoms with Crippen molar-refractivity contribution in [3.05, 3.63) is 35.7 Å². The monoisotopic (exact) mass is 467 g/mol. The SMILES string of the molecule is CCN(CC)S(=O)(=O)c1ccc(C(=O)CSc2nnc(CCCNC(C)=O)n2C)cc1. The van der Waals surface area contributed by atoms with Crippen LogP contribution in [-0.4, -0.2) is 64.6 Å². The molecule has 0 saturated heterocycles. The van der Waals surface area contributed by atoms with Gasteiger partial charge in [-0.05, 0) is 18.6 Å². The predicted octanol–water partition coefficient (Wildman–Crippen LogP) is 1.89. The van der Waals surface area contributed by atoms with Gasteiger partial charge in [0.1, 0.15) is 5.82 Å². The van der Waals surface area contributed by atoms with Gasteiger partial charge in [0.2, 0.25) is 15.9 Å². The van der Waals surface area contributed by atoms with Gasteiger partial charge in [0.05, 0.1) is 10.6 Å². The normalized spacial score (nSPS) is 11.6. The lowest BCUT2D eigenvalue weighted by Crippen LogP contribution is -2.30. The van der Waals surface area contributed by atoms with Crippen LogP contribution in [0.15, 0.2) is 34.3 Å². The Morgan fingerprint density at radius 1 is 1.13 bits per heavy atom. The van der Waals surface area contributed by atoms with Gasteiger partial charge in [0.25, 0.3) is 0 Å². The summed E-state index contributed by atoms with van der Waals surface area (Å²) in [5.41, 5.74) is 0.448. The van der Waals surface area contributed by atoms with Crippen LogP contribution in [0.2, 0.25) is 0 Å². The number of rotatable bonds is 12. The van der Waals surface area contributed by atoms with Gasteiger partial charge in [-0.3, -0.25) is 9.59 Å². The number of nitrogens with zero attached hydrogens (tertiary/aromatic N) is 4. The van der Waals surface area contributed by atoms with Crippen LogP contribution < -0.4 is 5.32 Å². The first-order valence-electron chi connectivity index (χ1n) is 10.1. The summed E-state index contributed by atoms with van der Waals surface area (Å²) in [6, 6.07) is 6.04. The Bertz CT molecular complexity index is 999. The molecule has 0 spiro atoms. The van der Waals surface area contributed by atoms with Crippen LogP contribution in [0.1, 0.15) is 43.4 Å². The molecule has 1 aromatic heterocycles. The summed E-state index contributed by atoms with van der Waals surface area (Å²) in [5, 5.41) is 11.7. The van der Waals surface area contributed by atoms with Gasteiger partial charge in [-0.1, -0.05) is 37.7 Å². The quantitative estimate of drug-likeness (QED) is 0.288. The zero-order valence-corrected chi connectivity index (χ0v) is 19.9. The maximum atomic E-state index is 12.6. The van der Waals surface area contributed by atoms with Gasteiger partial charge >= 0.3 is 0 Å². The number of hydrogen-bond donors (Lipinski definition) is 1. The number of nitrogens with one attached hydrogen (secondary N) is 1. The number of carbonyl (C=O) groups excluding carboxylic acids is 2. The Labute approximate surface area is 187 Å². The van der Waals surface area contributed by atoms with Gasteiger partial charge in [-0.25, -0.2) is 8.42 Å². The number of hydrogen-bond acceptors (Lipinski definition) is 7. The van der Waals surface area contributed by atoms with Crippen LogP contribution in [0, 0.1) is 0 Å². The average Bonchev–Trinajstić information content (AvgIpc) is 3.09. The molecule has 1 heterocycles. The molecular weight excluding hydrogens is 438 g/mol. The van der Waals surface area contributed by atoms with E-state index in [9.17, 15) is 18.0 Å². The maximum absolute atomic E-state index is 12.6. The van der Waals surface area contributed by atoms with E-state index < -0.39 is 10.0 Å². The van der Waals surface area contributed by atoms with Crippen LogP contribution >= 0.6 is 11.8 Å². The highest BCUT2D eigenvalue weighted by Gasteiger charge is 2.22. The van der Waals surface area contributed by atoms with E-state index in [1.165, 1.54) is 35.1 Å². The molecule has 0 aliphatic rings. The molecule has 0 unspecified atom stereocenters. The number of sulfonamides is 1. The smallest absolute Gasteiger partial charge is 0.243 e. The fraction of sp³-hybridized carbons (Fsp3) is 0.500. The molecule has 0 aliphatic carbocycles. The van der Waals surface area contributed by atoms with Crippen molar-refractivity contribution in [3.8, 4) is 0 Å². The molecule has 1 aromatic carbocycles. The standard InChI is InChI=1S/C20H29N5O4S2/c1-5-25(6-2)31(28,29)17-11-9-16(10-12-17)18(27)14-30-20-23-22-19(24(20)4)8-7-13-21-15(3)26/h9-12H,5-8,13-14H2,1-4H3,(H,21,26). The van der Waals surface area contributed by atoms with Gasteiger partial charge < -0.3 is 9.88 Å². The summed E-state index contributed by atoms with van der Waals surface area (Å²) in [6.07, 6.45) is 1.42. The van der Waals surface area contributed by atoms with E-state index in [0.29, 0.717) is 36.8 Å². The molecule has 0 saturated carbocycles. The highest BCUT2D eigenvalue weighted by atomic mass is 32.2. The van der Waals surface area contributed by atoms with Crippen molar-refractivity contribution in [2.24, 2.45) is 7.05 Å². The van der Waals surface area contributed by atoms with E-state index in [-0.39, 0.29) is 22.3 Å². The number of thioether (sulfide) groups is 1. The van der Waals surface area contributed by atoms with Crippen molar-refractivity contribution < 1.29 is 18.0 Å². The summed E-state index contributed by atoms with van der Waals surface area (Å²) in [6.45, 7) is 6.41. The summed E-state index contributed by atoms with van der Waals surface area (Å²) in [4.78, 5) is 23.6. The third-order valence-electron chi connectivity index (χ3n) is 4.73. The minimum absolute atomic E-state index is 0.0635. The Morgan fingerprint density at radius 2 is 1.77 bits per heavy atom. The third kappa shape index (κ3) is 6.62. The van der Waals surface area contributed by atoms with E-state index in [4.69, 9.17) is 0 Å². The minimum Gasteiger partial charge on any atom is -0.356 e. The van der Waals surface area contributed by atoms with E-state index in [2.05, 4.69) is 15.5 Å². The zero-order chi connectivity index (χ0) is 23.0. The first kappa shape index (κ1) is 25.0. The molecule has 2 rings (SSSR count). The fourth-order valence-electron chi connectivity index (χ4n) is 2.94. The molecule has 11 heteroatoms. The van der Waals surface area contributed by atoms with Crippen LogP contribution in [0.4, 0.5) is 0 Å². The molecule has 0 radical (unpaired) electrons. The van der Waals surface area contributed by atoms with Crippen molar-refractivity contribution in [2.45, 2.75) is 43.7 Å². The van der Waals surface area contributed by atoms with Crippen molar-refractivity contribution in [1.82, 2.24) is 24.4 Å². The fourth-order valence-corrected chi connectivity index (χ4v) is 5.22. The van der Waals surface area contributed by atoms with Gasteiger partial charge in [-0.2, -0.15) is 4.31 Å². The third-order valence-corrected chi connectivity index (χ3v) is 7.81. The molecule has 9 nitrogen and oxygen atoms in total. The molecule has 0 bridgehead atoms. The van der Waals surface area contributed by atoms with E-state index in [1.807, 2.05) is 11.6 Å². The van der Waals surface area contributed by atoms with Crippen molar-refractivity contribution in [3.63, 3.8) is 0 Å².